The van der Waals surface area contributed by atoms with Crippen LogP contribution in [0.15, 0.2) is 176 Å². The van der Waals surface area contributed by atoms with Crippen molar-refractivity contribution in [1.82, 2.24) is 0 Å². The maximum absolute atomic E-state index is 2.55. The molecular weight excluding hydrogens is 773 g/mol. The lowest BCUT2D eigenvalue weighted by Gasteiger charge is -2.57. The lowest BCUT2D eigenvalue weighted by atomic mass is 9.48. The first kappa shape index (κ1) is 38.6. The molecule has 7 aromatic rings. The van der Waals surface area contributed by atoms with Gasteiger partial charge in [-0.25, -0.2) is 0 Å². The Bertz CT molecular complexity index is 2760. The van der Waals surface area contributed by atoms with Crippen LogP contribution in [0.5, 0.6) is 0 Å². The fourth-order valence-corrected chi connectivity index (χ4v) is 15.3. The molecule has 0 aliphatic heterocycles. The monoisotopic (exact) mass is 832 g/mol. The molecule has 0 N–H and O–H groups in total. The molecule has 7 aliphatic rings. The summed E-state index contributed by atoms with van der Waals surface area (Å²) in [5.74, 6) is 4.26. The molecule has 14 rings (SSSR count). The summed E-state index contributed by atoms with van der Waals surface area (Å²) in [6.07, 6.45) is 13.9. The van der Waals surface area contributed by atoms with Crippen LogP contribution in [0.1, 0.15) is 106 Å². The van der Waals surface area contributed by atoms with Crippen molar-refractivity contribution in [2.75, 3.05) is 9.80 Å². The molecule has 6 fully saturated rings. The van der Waals surface area contributed by atoms with Crippen molar-refractivity contribution >= 4 is 34.1 Å². The van der Waals surface area contributed by atoms with E-state index < -0.39 is 0 Å². The molecule has 6 saturated carbocycles. The molecule has 2 nitrogen and oxygen atoms in total. The molecule has 0 spiro atoms. The molecule has 0 heterocycles. The van der Waals surface area contributed by atoms with Gasteiger partial charge in [-0.05, 0) is 205 Å². The van der Waals surface area contributed by atoms with Crippen LogP contribution in [0.25, 0.3) is 11.1 Å². The summed E-state index contributed by atoms with van der Waals surface area (Å²) in [6.45, 7) is 4.81. The molecular formula is C62H60N2. The molecule has 2 heteroatoms. The maximum atomic E-state index is 2.55. The van der Waals surface area contributed by atoms with Crippen LogP contribution < -0.4 is 9.80 Å². The van der Waals surface area contributed by atoms with Crippen molar-refractivity contribution < 1.29 is 0 Å². The molecule has 318 valence electrons. The fraction of sp³-hybridized carbons (Fsp3) is 0.323. The van der Waals surface area contributed by atoms with Gasteiger partial charge in [0, 0.05) is 45.0 Å². The van der Waals surface area contributed by atoms with E-state index in [0.29, 0.717) is 11.3 Å². The maximum Gasteiger partial charge on any atom is 0.0465 e. The van der Waals surface area contributed by atoms with E-state index in [1.807, 2.05) is 0 Å². The van der Waals surface area contributed by atoms with Gasteiger partial charge in [0.05, 0.1) is 0 Å². The van der Waals surface area contributed by atoms with E-state index in [-0.39, 0.29) is 10.8 Å². The van der Waals surface area contributed by atoms with Gasteiger partial charge < -0.3 is 9.80 Å². The number of para-hydroxylation sites is 2. The zero-order chi connectivity index (χ0) is 42.6. The Labute approximate surface area is 381 Å². The van der Waals surface area contributed by atoms with Crippen molar-refractivity contribution in [3.8, 4) is 11.1 Å². The van der Waals surface area contributed by atoms with Crippen LogP contribution in [0.2, 0.25) is 0 Å². The van der Waals surface area contributed by atoms with E-state index >= 15 is 0 Å². The highest BCUT2D eigenvalue weighted by molar-refractivity contribution is 5.86. The topological polar surface area (TPSA) is 6.48 Å². The van der Waals surface area contributed by atoms with E-state index in [1.165, 1.54) is 132 Å². The van der Waals surface area contributed by atoms with Crippen molar-refractivity contribution in [3.05, 3.63) is 204 Å². The molecule has 0 radical (unpaired) electrons. The van der Waals surface area contributed by atoms with E-state index in [0.717, 1.165) is 23.7 Å². The molecule has 7 aliphatic carbocycles. The van der Waals surface area contributed by atoms with Gasteiger partial charge in [-0.2, -0.15) is 0 Å². The number of nitrogens with zero attached hydrogens (tertiary/aromatic N) is 2. The van der Waals surface area contributed by atoms with Crippen molar-refractivity contribution in [2.45, 2.75) is 94.3 Å². The fourth-order valence-electron chi connectivity index (χ4n) is 15.3. The number of rotatable bonds is 9. The average Bonchev–Trinajstić information content (AvgIpc) is 4.02. The summed E-state index contributed by atoms with van der Waals surface area (Å²) in [5, 5.41) is 0. The van der Waals surface area contributed by atoms with Gasteiger partial charge in [0.25, 0.3) is 0 Å². The molecule has 6 bridgehead atoms. The smallest absolute Gasteiger partial charge is 0.0465 e. The zero-order valence-electron chi connectivity index (χ0n) is 37.6. The minimum atomic E-state index is -0.0667. The summed E-state index contributed by atoms with van der Waals surface area (Å²) < 4.78 is 0. The Kier molecular flexibility index (Phi) is 8.79. The van der Waals surface area contributed by atoms with Crippen molar-refractivity contribution in [3.63, 3.8) is 0 Å². The van der Waals surface area contributed by atoms with E-state index in [1.54, 1.807) is 5.56 Å². The molecule has 3 unspecified atom stereocenters. The molecule has 0 aromatic heterocycles. The minimum Gasteiger partial charge on any atom is -0.311 e. The van der Waals surface area contributed by atoms with E-state index in [2.05, 4.69) is 200 Å². The van der Waals surface area contributed by atoms with Crippen molar-refractivity contribution in [2.24, 2.45) is 29.6 Å². The number of hydrogen-bond donors (Lipinski definition) is 0. The lowest BCUT2D eigenvalue weighted by Crippen LogP contribution is -2.48. The van der Waals surface area contributed by atoms with Crippen LogP contribution in [0.3, 0.4) is 0 Å². The summed E-state index contributed by atoms with van der Waals surface area (Å²) >= 11 is 0. The number of hydrogen-bond acceptors (Lipinski definition) is 2. The van der Waals surface area contributed by atoms with Gasteiger partial charge in [-0.3, -0.25) is 0 Å². The average molecular weight is 833 g/mol. The second-order valence-electron chi connectivity index (χ2n) is 21.6. The van der Waals surface area contributed by atoms with Gasteiger partial charge in [0.1, 0.15) is 0 Å². The zero-order valence-corrected chi connectivity index (χ0v) is 37.6. The van der Waals surface area contributed by atoms with Crippen LogP contribution in [0, 0.1) is 29.6 Å². The quantitative estimate of drug-likeness (QED) is 0.143. The Morgan fingerprint density at radius 3 is 1.34 bits per heavy atom. The summed E-state index contributed by atoms with van der Waals surface area (Å²) in [6, 6.07) is 67.5. The lowest BCUT2D eigenvalue weighted by molar-refractivity contribution is -0.00518. The van der Waals surface area contributed by atoms with Crippen LogP contribution in [-0.2, 0) is 16.2 Å². The van der Waals surface area contributed by atoms with Gasteiger partial charge in [-0.15, -0.1) is 0 Å². The Balaban J connectivity index is 0.885. The highest BCUT2D eigenvalue weighted by Crippen LogP contribution is 2.62. The van der Waals surface area contributed by atoms with Crippen LogP contribution in [0.4, 0.5) is 34.1 Å². The third-order valence-electron chi connectivity index (χ3n) is 17.8. The van der Waals surface area contributed by atoms with Gasteiger partial charge in [0.15, 0.2) is 0 Å². The molecule has 3 atom stereocenters. The number of benzene rings is 7. The number of anilines is 6. The molecule has 0 saturated heterocycles. The van der Waals surface area contributed by atoms with Crippen LogP contribution >= 0.6 is 0 Å². The Morgan fingerprint density at radius 2 is 0.828 bits per heavy atom. The van der Waals surface area contributed by atoms with E-state index in [9.17, 15) is 0 Å². The minimum absolute atomic E-state index is 0.0119. The normalized spacial score (nSPS) is 27.6. The SMILES string of the molecule is CC1(C)c2ccccc2-c2ccc(N(c3ccc(C45CC6CC(CC(C6)C4)C5)cc3)c3ccc(C4(c5ccc(N(c6ccccc6)c6ccccc6)cc5)CC5CCC4C5)cc3)cc21. The highest BCUT2D eigenvalue weighted by Gasteiger charge is 2.53. The first-order valence-corrected chi connectivity index (χ1v) is 24.6. The van der Waals surface area contributed by atoms with Gasteiger partial charge in [0.2, 0.25) is 0 Å². The second-order valence-corrected chi connectivity index (χ2v) is 21.6. The highest BCUT2D eigenvalue weighted by atomic mass is 15.1. The van der Waals surface area contributed by atoms with Gasteiger partial charge in [-0.1, -0.05) is 123 Å². The molecule has 0 amide bonds. The summed E-state index contributed by atoms with van der Waals surface area (Å²) in [4.78, 5) is 4.94. The van der Waals surface area contributed by atoms with Crippen molar-refractivity contribution in [1.29, 1.82) is 0 Å². The molecule has 64 heavy (non-hydrogen) atoms. The summed E-state index contributed by atoms with van der Waals surface area (Å²) in [5.41, 5.74) is 17.7. The first-order chi connectivity index (χ1) is 31.3. The predicted molar refractivity (Wildman–Crippen MR) is 266 cm³/mol. The standard InChI is InChI=1S/C62H60N2/c1-60(2)58-16-10-9-15-56(58)57-32-31-55(37-59(57)60)64(53-25-19-46(20-26-53)61-38-43-33-44(39-61)35-45(34-43)40-61)54-29-23-48(24-30-54)62(41-42-17-18-49(62)36-42)47-21-27-52(28-22-47)63(50-11-5-3-6-12-50)51-13-7-4-8-14-51/h3-16,19-32,37,42-45,49H,17-18,33-36,38-41H2,1-2H3. The largest absolute Gasteiger partial charge is 0.311 e. The second kappa shape index (κ2) is 14.6. The van der Waals surface area contributed by atoms with E-state index in [4.69, 9.17) is 0 Å². The molecule has 7 aromatic carbocycles. The predicted octanol–water partition coefficient (Wildman–Crippen LogP) is 16.5. The third-order valence-corrected chi connectivity index (χ3v) is 17.8. The summed E-state index contributed by atoms with van der Waals surface area (Å²) in [7, 11) is 0. The third kappa shape index (κ3) is 5.97. The Morgan fingerprint density at radius 1 is 0.375 bits per heavy atom. The van der Waals surface area contributed by atoms with Crippen LogP contribution in [-0.4, -0.2) is 0 Å². The van der Waals surface area contributed by atoms with Gasteiger partial charge >= 0.3 is 0 Å². The number of fused-ring (bicyclic) bond motifs is 5. The first-order valence-electron chi connectivity index (χ1n) is 24.6. The Hall–Kier alpha value is -5.86.